The second-order valence-electron chi connectivity index (χ2n) is 5.70. The quantitative estimate of drug-likeness (QED) is 0.620. The van der Waals surface area contributed by atoms with Gasteiger partial charge >= 0.3 is 11.9 Å². The van der Waals surface area contributed by atoms with Gasteiger partial charge in [0.15, 0.2) is 0 Å². The molecule has 0 bridgehead atoms. The molecule has 0 aliphatic carbocycles. The molecule has 6 nitrogen and oxygen atoms in total. The van der Waals surface area contributed by atoms with Crippen LogP contribution in [0.25, 0.3) is 0 Å². The predicted octanol–water partition coefficient (Wildman–Crippen LogP) is 1.83. The average molecular weight is 335 g/mol. The zero-order valence-electron chi connectivity index (χ0n) is 12.9. The number of esters is 2. The number of hydrogen-bond donors (Lipinski definition) is 0. The summed E-state index contributed by atoms with van der Waals surface area (Å²) in [5.41, 5.74) is 0.381. The molecule has 0 unspecified atom stereocenters. The van der Waals surface area contributed by atoms with E-state index in [4.69, 9.17) is 4.74 Å². The van der Waals surface area contributed by atoms with Crippen molar-refractivity contribution in [2.45, 2.75) is 30.7 Å². The number of benzene rings is 1. The number of hydrogen-bond acceptors (Lipinski definition) is 6. The first-order valence-electron chi connectivity index (χ1n) is 7.31. The molecular weight excluding hydrogens is 318 g/mol. The molecule has 1 amide bonds. The van der Waals surface area contributed by atoms with E-state index >= 15 is 0 Å². The van der Waals surface area contributed by atoms with Crippen LogP contribution in [0, 0.1) is 0 Å². The Morgan fingerprint density at radius 2 is 2.00 bits per heavy atom. The van der Waals surface area contributed by atoms with E-state index in [1.807, 2.05) is 6.92 Å². The number of carbonyl (C=O) groups is 3. The summed E-state index contributed by atoms with van der Waals surface area (Å²) in [7, 11) is 1.30. The zero-order chi connectivity index (χ0) is 16.6. The Morgan fingerprint density at radius 3 is 2.65 bits per heavy atom. The number of rotatable bonds is 3. The predicted molar refractivity (Wildman–Crippen MR) is 84.1 cm³/mol. The van der Waals surface area contributed by atoms with Crippen LogP contribution in [0.3, 0.4) is 0 Å². The van der Waals surface area contributed by atoms with E-state index in [2.05, 4.69) is 4.74 Å². The lowest BCUT2D eigenvalue weighted by atomic mass is 10.2. The van der Waals surface area contributed by atoms with Crippen molar-refractivity contribution in [2.24, 2.45) is 0 Å². The number of methoxy groups -OCH3 is 1. The van der Waals surface area contributed by atoms with Crippen molar-refractivity contribution < 1.29 is 23.9 Å². The average Bonchev–Trinajstić information content (AvgIpc) is 3.04. The lowest BCUT2D eigenvalue weighted by molar-refractivity contribution is -0.146. The molecule has 0 spiro atoms. The highest BCUT2D eigenvalue weighted by Gasteiger charge is 2.53. The second kappa shape index (κ2) is 5.88. The molecule has 2 heterocycles. The Kier molecular flexibility index (Phi) is 4.06. The van der Waals surface area contributed by atoms with Gasteiger partial charge in [-0.25, -0.2) is 9.59 Å². The molecule has 2 atom stereocenters. The minimum Gasteiger partial charge on any atom is -0.465 e. The molecule has 0 aromatic heterocycles. The normalized spacial score (nSPS) is 26.1. The molecule has 1 aromatic carbocycles. The molecule has 3 rings (SSSR count). The standard InChI is InChI=1S/C16H17NO5S/c1-16-8-7-13(18)17(16)12(9-23-16)15(20)22-11-5-3-10(4-6-11)14(19)21-2/h3-6,12H,7-9H2,1-2H3/t12-,16-/m1/s1. The maximum Gasteiger partial charge on any atom is 0.337 e. The number of carbonyl (C=O) groups excluding carboxylic acids is 3. The van der Waals surface area contributed by atoms with Crippen molar-refractivity contribution in [1.29, 1.82) is 0 Å². The first-order chi connectivity index (χ1) is 10.9. The monoisotopic (exact) mass is 335 g/mol. The van der Waals surface area contributed by atoms with Crippen LogP contribution in [-0.4, -0.2) is 46.5 Å². The molecule has 2 aliphatic rings. The van der Waals surface area contributed by atoms with Crippen LogP contribution in [0.5, 0.6) is 5.75 Å². The lowest BCUT2D eigenvalue weighted by Crippen LogP contribution is -2.47. The lowest BCUT2D eigenvalue weighted by Gasteiger charge is -2.29. The first-order valence-corrected chi connectivity index (χ1v) is 8.29. The summed E-state index contributed by atoms with van der Waals surface area (Å²) in [6, 6.07) is 5.58. The fraction of sp³-hybridized carbons (Fsp3) is 0.438. The minimum absolute atomic E-state index is 0.000453. The van der Waals surface area contributed by atoms with Gasteiger partial charge < -0.3 is 14.4 Å². The second-order valence-corrected chi connectivity index (χ2v) is 7.20. The van der Waals surface area contributed by atoms with Gasteiger partial charge in [0.25, 0.3) is 0 Å². The highest BCUT2D eigenvalue weighted by Crippen LogP contribution is 2.47. The third-order valence-electron chi connectivity index (χ3n) is 4.21. The van der Waals surface area contributed by atoms with Crippen LogP contribution in [0.4, 0.5) is 0 Å². The molecule has 2 aliphatic heterocycles. The van der Waals surface area contributed by atoms with Gasteiger partial charge in [-0.15, -0.1) is 11.8 Å². The van der Waals surface area contributed by atoms with Gasteiger partial charge in [0.1, 0.15) is 11.8 Å². The maximum absolute atomic E-state index is 12.4. The largest absolute Gasteiger partial charge is 0.465 e. The molecule has 122 valence electrons. The Hall–Kier alpha value is -2.02. The minimum atomic E-state index is -0.555. The Labute approximate surface area is 138 Å². The molecule has 0 radical (unpaired) electrons. The van der Waals surface area contributed by atoms with Crippen molar-refractivity contribution in [3.05, 3.63) is 29.8 Å². The summed E-state index contributed by atoms with van der Waals surface area (Å²) in [5.74, 6) is -0.00871. The van der Waals surface area contributed by atoms with Gasteiger partial charge in [-0.2, -0.15) is 0 Å². The maximum atomic E-state index is 12.4. The third kappa shape index (κ3) is 2.81. The molecule has 2 fully saturated rings. The molecule has 2 saturated heterocycles. The fourth-order valence-electron chi connectivity index (χ4n) is 2.96. The van der Waals surface area contributed by atoms with Crippen molar-refractivity contribution in [1.82, 2.24) is 4.90 Å². The molecule has 1 aromatic rings. The summed E-state index contributed by atoms with van der Waals surface area (Å²) < 4.78 is 9.99. The van der Waals surface area contributed by atoms with Gasteiger partial charge in [-0.05, 0) is 37.6 Å². The first kappa shape index (κ1) is 15.9. The number of thioether (sulfide) groups is 1. The SMILES string of the molecule is COC(=O)c1ccc(OC(=O)[C@H]2CS[C@]3(C)CCC(=O)N23)cc1. The van der Waals surface area contributed by atoms with Gasteiger partial charge in [0.05, 0.1) is 17.5 Å². The molecule has 7 heteroatoms. The van der Waals surface area contributed by atoms with Crippen LogP contribution >= 0.6 is 11.8 Å². The van der Waals surface area contributed by atoms with E-state index < -0.39 is 18.0 Å². The van der Waals surface area contributed by atoms with E-state index in [1.165, 1.54) is 31.4 Å². The van der Waals surface area contributed by atoms with Crippen molar-refractivity contribution >= 4 is 29.6 Å². The Morgan fingerprint density at radius 1 is 1.30 bits per heavy atom. The number of fused-ring (bicyclic) bond motifs is 1. The Bertz CT molecular complexity index is 659. The molecule has 23 heavy (non-hydrogen) atoms. The molecular formula is C16H17NO5S. The van der Waals surface area contributed by atoms with E-state index in [1.54, 1.807) is 16.7 Å². The summed E-state index contributed by atoms with van der Waals surface area (Å²) >= 11 is 1.62. The van der Waals surface area contributed by atoms with Crippen molar-refractivity contribution in [3.8, 4) is 5.75 Å². The topological polar surface area (TPSA) is 72.9 Å². The summed E-state index contributed by atoms with van der Waals surface area (Å²) in [4.78, 5) is 37.2. The number of nitrogens with zero attached hydrogens (tertiary/aromatic N) is 1. The van der Waals surface area contributed by atoms with Crippen molar-refractivity contribution in [3.63, 3.8) is 0 Å². The molecule has 0 N–H and O–H groups in total. The highest BCUT2D eigenvalue weighted by molar-refractivity contribution is 8.01. The van der Waals surface area contributed by atoms with E-state index in [0.29, 0.717) is 23.5 Å². The van der Waals surface area contributed by atoms with Crippen LogP contribution in [0.1, 0.15) is 30.1 Å². The van der Waals surface area contributed by atoms with E-state index in [0.717, 1.165) is 6.42 Å². The van der Waals surface area contributed by atoms with Gasteiger partial charge in [-0.3, -0.25) is 4.79 Å². The Balaban J connectivity index is 1.70. The van der Waals surface area contributed by atoms with Crippen molar-refractivity contribution in [2.75, 3.05) is 12.9 Å². The van der Waals surface area contributed by atoms with Crippen LogP contribution in [0.15, 0.2) is 24.3 Å². The summed E-state index contributed by atoms with van der Waals surface area (Å²) in [6.45, 7) is 1.99. The smallest absolute Gasteiger partial charge is 0.337 e. The van der Waals surface area contributed by atoms with Gasteiger partial charge in [0.2, 0.25) is 5.91 Å². The van der Waals surface area contributed by atoms with Crippen LogP contribution in [0.2, 0.25) is 0 Å². The van der Waals surface area contributed by atoms with Gasteiger partial charge in [-0.1, -0.05) is 0 Å². The summed E-state index contributed by atoms with van der Waals surface area (Å²) in [6.07, 6.45) is 1.23. The van der Waals surface area contributed by atoms with E-state index in [9.17, 15) is 14.4 Å². The molecule has 0 saturated carbocycles. The van der Waals surface area contributed by atoms with Crippen LogP contribution in [-0.2, 0) is 14.3 Å². The zero-order valence-corrected chi connectivity index (χ0v) is 13.7. The summed E-state index contributed by atoms with van der Waals surface area (Å²) in [5, 5.41) is 0. The number of amides is 1. The fourth-order valence-corrected chi connectivity index (χ4v) is 4.37. The number of ether oxygens (including phenoxy) is 2. The van der Waals surface area contributed by atoms with E-state index in [-0.39, 0.29) is 10.8 Å². The third-order valence-corrected chi connectivity index (χ3v) is 5.72. The highest BCUT2D eigenvalue weighted by atomic mass is 32.2. The van der Waals surface area contributed by atoms with Crippen LogP contribution < -0.4 is 4.74 Å². The van der Waals surface area contributed by atoms with Gasteiger partial charge in [0, 0.05) is 12.2 Å².